The van der Waals surface area contributed by atoms with Gasteiger partial charge < -0.3 is 15.1 Å². The van der Waals surface area contributed by atoms with Crippen LogP contribution in [0, 0.1) is 11.3 Å². The highest BCUT2D eigenvalue weighted by atomic mass is 35.5. The third kappa shape index (κ3) is 5.49. The summed E-state index contributed by atoms with van der Waals surface area (Å²) >= 11 is 14.2. The van der Waals surface area contributed by atoms with Crippen LogP contribution in [-0.4, -0.2) is 36.3 Å². The Kier molecular flexibility index (Phi) is 7.61. The van der Waals surface area contributed by atoms with Crippen LogP contribution in [-0.2, 0) is 6.61 Å². The number of imidazole rings is 1. The molecule has 0 bridgehead atoms. The second kappa shape index (κ2) is 11.3. The molecule has 2 aromatic heterocycles. The van der Waals surface area contributed by atoms with Gasteiger partial charge in [-0.3, -0.25) is 0 Å². The van der Waals surface area contributed by atoms with E-state index in [0.29, 0.717) is 39.1 Å². The summed E-state index contributed by atoms with van der Waals surface area (Å²) in [5, 5.41) is 31.1. The van der Waals surface area contributed by atoms with E-state index in [0.717, 1.165) is 10.3 Å². The number of hydrogen-bond acceptors (Lipinski definition) is 8. The molecule has 3 aromatic carbocycles. The summed E-state index contributed by atoms with van der Waals surface area (Å²) in [5.41, 5.74) is 3.50. The summed E-state index contributed by atoms with van der Waals surface area (Å²) in [4.78, 5) is 13.5. The third-order valence-corrected chi connectivity index (χ3v) is 6.92. The highest BCUT2D eigenvalue weighted by Gasteiger charge is 2.25. The minimum atomic E-state index is -0.113. The number of phenols is 1. The molecule has 0 fully saturated rings. The maximum atomic E-state index is 11.4. The van der Waals surface area contributed by atoms with Crippen molar-refractivity contribution < 1.29 is 15.1 Å². The van der Waals surface area contributed by atoms with E-state index in [4.69, 9.17) is 33.2 Å². The number of aromatic hydroxyl groups is 1. The molecule has 0 radical (unpaired) electrons. The van der Waals surface area contributed by atoms with E-state index in [2.05, 4.69) is 21.0 Å². The monoisotopic (exact) mass is 575 g/mol. The fraction of sp³-hybridized carbons (Fsp3) is 0.0714. The van der Waals surface area contributed by atoms with Crippen molar-refractivity contribution in [3.05, 3.63) is 94.1 Å². The zero-order valence-electron chi connectivity index (χ0n) is 20.3. The second-order valence-electron chi connectivity index (χ2n) is 8.28. The Morgan fingerprint density at radius 1 is 1.03 bits per heavy atom. The Labute approximate surface area is 238 Å². The van der Waals surface area contributed by atoms with Gasteiger partial charge >= 0.3 is 0 Å². The standard InChI is InChI=1S/C28H19Cl2N5O3S/c1-39-28-32-10-9-23(33-28)25-26(35(37)27(34-25)24-21(29)12-19(36)13-22(24)30)18-3-2-4-20(11-18)38-15-17-7-5-16(14-31)6-8-17/h2-13,36-37H,15H2,1H3. The fourth-order valence-corrected chi connectivity index (χ4v) is 4.93. The Morgan fingerprint density at radius 2 is 1.77 bits per heavy atom. The van der Waals surface area contributed by atoms with Crippen LogP contribution < -0.4 is 4.74 Å². The van der Waals surface area contributed by atoms with Gasteiger partial charge in [-0.2, -0.15) is 9.99 Å². The first-order valence-corrected chi connectivity index (χ1v) is 13.5. The van der Waals surface area contributed by atoms with Gasteiger partial charge in [0.05, 0.1) is 32.9 Å². The molecule has 0 saturated heterocycles. The molecule has 0 atom stereocenters. The molecular weight excluding hydrogens is 557 g/mol. The van der Waals surface area contributed by atoms with Crippen molar-refractivity contribution in [2.75, 3.05) is 6.26 Å². The van der Waals surface area contributed by atoms with Gasteiger partial charge in [-0.15, -0.1) is 0 Å². The molecule has 2 N–H and O–H groups in total. The van der Waals surface area contributed by atoms with Gasteiger partial charge in [-0.05, 0) is 54.3 Å². The van der Waals surface area contributed by atoms with Crippen LogP contribution in [0.4, 0.5) is 0 Å². The first kappa shape index (κ1) is 26.4. The highest BCUT2D eigenvalue weighted by molar-refractivity contribution is 7.98. The summed E-state index contributed by atoms with van der Waals surface area (Å²) in [5.74, 6) is 0.514. The van der Waals surface area contributed by atoms with Crippen molar-refractivity contribution in [3.63, 3.8) is 0 Å². The molecule has 2 heterocycles. The number of thioether (sulfide) groups is 1. The summed E-state index contributed by atoms with van der Waals surface area (Å²) in [6.07, 6.45) is 3.48. The Morgan fingerprint density at radius 3 is 2.46 bits per heavy atom. The van der Waals surface area contributed by atoms with Crippen LogP contribution >= 0.6 is 35.0 Å². The Balaban J connectivity index is 1.60. The molecule has 0 unspecified atom stereocenters. The lowest BCUT2D eigenvalue weighted by molar-refractivity contribution is 0.195. The molecule has 194 valence electrons. The van der Waals surface area contributed by atoms with Crippen molar-refractivity contribution in [2.24, 2.45) is 0 Å². The fourth-order valence-electron chi connectivity index (χ4n) is 3.93. The molecule has 5 rings (SSSR count). The first-order chi connectivity index (χ1) is 18.9. The van der Waals surface area contributed by atoms with Crippen LogP contribution in [0.1, 0.15) is 11.1 Å². The van der Waals surface area contributed by atoms with Crippen LogP contribution in [0.2, 0.25) is 10.0 Å². The van der Waals surface area contributed by atoms with Gasteiger partial charge in [0.25, 0.3) is 0 Å². The number of benzene rings is 3. The minimum absolute atomic E-state index is 0.0724. The summed E-state index contributed by atoms with van der Waals surface area (Å²) in [6.45, 7) is 0.285. The van der Waals surface area contributed by atoms with Crippen molar-refractivity contribution in [1.29, 1.82) is 5.26 Å². The zero-order valence-corrected chi connectivity index (χ0v) is 22.7. The van der Waals surface area contributed by atoms with Crippen molar-refractivity contribution in [2.45, 2.75) is 11.8 Å². The van der Waals surface area contributed by atoms with Crippen molar-refractivity contribution >= 4 is 35.0 Å². The van der Waals surface area contributed by atoms with E-state index in [9.17, 15) is 10.3 Å². The van der Waals surface area contributed by atoms with E-state index in [-0.39, 0.29) is 33.8 Å². The highest BCUT2D eigenvalue weighted by Crippen LogP contribution is 2.41. The number of ether oxygens (including phenoxy) is 1. The average Bonchev–Trinajstić information content (AvgIpc) is 3.28. The van der Waals surface area contributed by atoms with E-state index in [1.54, 1.807) is 42.6 Å². The largest absolute Gasteiger partial charge is 0.508 e. The molecule has 5 aromatic rings. The SMILES string of the molecule is CSc1nccc(-c2nc(-c3c(Cl)cc(O)cc3Cl)n(O)c2-c2cccc(OCc3ccc(C#N)cc3)c2)n1. The van der Waals surface area contributed by atoms with Crippen LogP contribution in [0.3, 0.4) is 0 Å². The number of aromatic nitrogens is 4. The number of phenolic OH excluding ortho intramolecular Hbond substituents is 1. The van der Waals surface area contributed by atoms with E-state index in [1.165, 1.54) is 23.9 Å². The van der Waals surface area contributed by atoms with Gasteiger partial charge in [-0.1, -0.05) is 59.2 Å². The lowest BCUT2D eigenvalue weighted by Crippen LogP contribution is -2.00. The first-order valence-electron chi connectivity index (χ1n) is 11.5. The number of hydrogen-bond donors (Lipinski definition) is 2. The quantitative estimate of drug-likeness (QED) is 0.120. The van der Waals surface area contributed by atoms with Gasteiger partial charge in [0, 0.05) is 11.8 Å². The lowest BCUT2D eigenvalue weighted by Gasteiger charge is -2.11. The molecule has 8 nitrogen and oxygen atoms in total. The van der Waals surface area contributed by atoms with Crippen LogP contribution in [0.15, 0.2) is 78.1 Å². The smallest absolute Gasteiger partial charge is 0.187 e. The van der Waals surface area contributed by atoms with E-state index >= 15 is 0 Å². The van der Waals surface area contributed by atoms with Gasteiger partial charge in [0.15, 0.2) is 11.0 Å². The second-order valence-corrected chi connectivity index (χ2v) is 9.87. The number of halogens is 2. The lowest BCUT2D eigenvalue weighted by atomic mass is 10.1. The van der Waals surface area contributed by atoms with Crippen molar-refractivity contribution in [1.82, 2.24) is 19.7 Å². The number of nitriles is 1. The third-order valence-electron chi connectivity index (χ3n) is 5.76. The predicted octanol–water partition coefficient (Wildman–Crippen LogP) is 7.10. The number of rotatable bonds is 7. The Bertz CT molecular complexity index is 1690. The normalized spacial score (nSPS) is 10.8. The van der Waals surface area contributed by atoms with Gasteiger partial charge in [0.1, 0.15) is 29.5 Å². The molecule has 0 aliphatic heterocycles. The molecule has 0 spiro atoms. The molecule has 11 heteroatoms. The topological polar surface area (TPSA) is 117 Å². The van der Waals surface area contributed by atoms with E-state index in [1.807, 2.05) is 24.5 Å². The summed E-state index contributed by atoms with van der Waals surface area (Å²) in [6, 6.07) is 20.8. The predicted molar refractivity (Wildman–Crippen MR) is 150 cm³/mol. The van der Waals surface area contributed by atoms with Gasteiger partial charge in [0.2, 0.25) is 0 Å². The molecule has 0 aliphatic carbocycles. The summed E-state index contributed by atoms with van der Waals surface area (Å²) < 4.78 is 6.90. The molecule has 39 heavy (non-hydrogen) atoms. The zero-order chi connectivity index (χ0) is 27.5. The Hall–Kier alpha value is -4.23. The van der Waals surface area contributed by atoms with Gasteiger partial charge in [-0.25, -0.2) is 15.0 Å². The van der Waals surface area contributed by atoms with E-state index < -0.39 is 0 Å². The molecule has 0 amide bonds. The molecule has 0 saturated carbocycles. The molecular formula is C28H19Cl2N5O3S. The summed E-state index contributed by atoms with van der Waals surface area (Å²) in [7, 11) is 0. The minimum Gasteiger partial charge on any atom is -0.508 e. The van der Waals surface area contributed by atoms with Crippen LogP contribution in [0.25, 0.3) is 34.0 Å². The van der Waals surface area contributed by atoms with Crippen molar-refractivity contribution in [3.8, 4) is 51.6 Å². The molecule has 0 aliphatic rings. The maximum Gasteiger partial charge on any atom is 0.187 e. The average molecular weight is 576 g/mol. The number of nitrogens with zero attached hydrogens (tertiary/aromatic N) is 5. The van der Waals surface area contributed by atoms with Crippen LogP contribution in [0.5, 0.6) is 11.5 Å². The maximum absolute atomic E-state index is 11.4.